The molecule has 17 heavy (non-hydrogen) atoms. The number of halogens is 2. The molecular formula is C11H8Cl2N2O2. The number of aryl methyl sites for hydroxylation is 1. The van der Waals surface area contributed by atoms with Gasteiger partial charge in [0.1, 0.15) is 5.56 Å². The minimum Gasteiger partial charge on any atom is -0.478 e. The van der Waals surface area contributed by atoms with E-state index in [1.54, 1.807) is 25.1 Å². The highest BCUT2D eigenvalue weighted by Gasteiger charge is 2.12. The Kier molecular flexibility index (Phi) is 3.09. The van der Waals surface area contributed by atoms with Gasteiger partial charge in [0.15, 0.2) is 0 Å². The van der Waals surface area contributed by atoms with Gasteiger partial charge in [-0.05, 0) is 25.1 Å². The number of carboxylic acids is 1. The van der Waals surface area contributed by atoms with Gasteiger partial charge in [0.2, 0.25) is 0 Å². The number of aromatic nitrogens is 2. The zero-order valence-electron chi connectivity index (χ0n) is 8.82. The van der Waals surface area contributed by atoms with Gasteiger partial charge < -0.3 is 5.11 Å². The standard InChI is InChI=1S/C11H8Cl2N2O2/c1-6-10(11(16)17)5-15(14-6)9-3-7(12)2-8(13)4-9/h2-5H,1H3,(H,16,17). The number of carboxylic acid groups (broad SMARTS) is 1. The Bertz CT molecular complexity index is 573. The summed E-state index contributed by atoms with van der Waals surface area (Å²) in [6, 6.07) is 4.91. The third-order valence-electron chi connectivity index (χ3n) is 2.24. The van der Waals surface area contributed by atoms with Crippen molar-refractivity contribution >= 4 is 29.2 Å². The van der Waals surface area contributed by atoms with E-state index in [2.05, 4.69) is 5.10 Å². The molecule has 6 heteroatoms. The van der Waals surface area contributed by atoms with E-state index in [4.69, 9.17) is 28.3 Å². The molecule has 0 unspecified atom stereocenters. The number of aromatic carboxylic acids is 1. The molecule has 0 fully saturated rings. The van der Waals surface area contributed by atoms with Crippen molar-refractivity contribution in [2.45, 2.75) is 6.92 Å². The highest BCUT2D eigenvalue weighted by atomic mass is 35.5. The lowest BCUT2D eigenvalue weighted by Gasteiger charge is -2.02. The zero-order valence-corrected chi connectivity index (χ0v) is 10.3. The molecule has 1 N–H and O–H groups in total. The quantitative estimate of drug-likeness (QED) is 0.912. The zero-order chi connectivity index (χ0) is 12.6. The summed E-state index contributed by atoms with van der Waals surface area (Å²) in [5.74, 6) is -1.01. The van der Waals surface area contributed by atoms with E-state index >= 15 is 0 Å². The van der Waals surface area contributed by atoms with Crippen molar-refractivity contribution in [2.24, 2.45) is 0 Å². The molecule has 0 aliphatic carbocycles. The van der Waals surface area contributed by atoms with Crippen LogP contribution in [-0.4, -0.2) is 20.9 Å². The van der Waals surface area contributed by atoms with E-state index in [1.807, 2.05) is 0 Å². The minimum atomic E-state index is -1.01. The molecule has 0 amide bonds. The topological polar surface area (TPSA) is 55.1 Å². The highest BCUT2D eigenvalue weighted by molar-refractivity contribution is 6.34. The first-order valence-electron chi connectivity index (χ1n) is 4.73. The molecule has 0 atom stereocenters. The van der Waals surface area contributed by atoms with Gasteiger partial charge in [-0.1, -0.05) is 23.2 Å². The summed E-state index contributed by atoms with van der Waals surface area (Å²) >= 11 is 11.7. The van der Waals surface area contributed by atoms with Crippen LogP contribution >= 0.6 is 23.2 Å². The van der Waals surface area contributed by atoms with Crippen LogP contribution in [0, 0.1) is 6.92 Å². The third kappa shape index (κ3) is 2.43. The van der Waals surface area contributed by atoms with Gasteiger partial charge >= 0.3 is 5.97 Å². The molecule has 0 saturated carbocycles. The summed E-state index contributed by atoms with van der Waals surface area (Å²) in [6.45, 7) is 1.63. The number of carbonyl (C=O) groups is 1. The predicted octanol–water partition coefficient (Wildman–Crippen LogP) is 3.19. The van der Waals surface area contributed by atoms with Crippen LogP contribution in [0.2, 0.25) is 10.0 Å². The molecule has 0 radical (unpaired) electrons. The number of benzene rings is 1. The van der Waals surface area contributed by atoms with Crippen LogP contribution in [0.1, 0.15) is 16.1 Å². The monoisotopic (exact) mass is 270 g/mol. The molecule has 0 aliphatic heterocycles. The Morgan fingerprint density at radius 2 is 1.88 bits per heavy atom. The van der Waals surface area contributed by atoms with E-state index in [0.717, 1.165) is 0 Å². The smallest absolute Gasteiger partial charge is 0.339 e. The molecule has 0 aliphatic rings. The van der Waals surface area contributed by atoms with Gasteiger partial charge in [-0.3, -0.25) is 0 Å². The van der Waals surface area contributed by atoms with Crippen LogP contribution in [0.25, 0.3) is 5.69 Å². The molecule has 2 aromatic rings. The molecule has 1 heterocycles. The first kappa shape index (κ1) is 12.0. The van der Waals surface area contributed by atoms with Gasteiger partial charge in [-0.15, -0.1) is 0 Å². The fourth-order valence-electron chi connectivity index (χ4n) is 1.47. The van der Waals surface area contributed by atoms with Gasteiger partial charge in [0.25, 0.3) is 0 Å². The lowest BCUT2D eigenvalue weighted by Crippen LogP contribution is -1.96. The molecular weight excluding hydrogens is 263 g/mol. The van der Waals surface area contributed by atoms with Crippen LogP contribution in [0.3, 0.4) is 0 Å². The maximum atomic E-state index is 10.9. The number of rotatable bonds is 2. The molecule has 0 saturated heterocycles. The molecule has 88 valence electrons. The van der Waals surface area contributed by atoms with E-state index in [-0.39, 0.29) is 5.56 Å². The molecule has 1 aromatic carbocycles. The summed E-state index contributed by atoms with van der Waals surface area (Å²) in [4.78, 5) is 10.9. The second-order valence-corrected chi connectivity index (χ2v) is 4.38. The van der Waals surface area contributed by atoms with E-state index < -0.39 is 5.97 Å². The minimum absolute atomic E-state index is 0.154. The average Bonchev–Trinajstić information content (AvgIpc) is 2.59. The Morgan fingerprint density at radius 1 is 1.29 bits per heavy atom. The molecule has 0 bridgehead atoms. The molecule has 2 rings (SSSR count). The Labute approximate surface area is 107 Å². The summed E-state index contributed by atoms with van der Waals surface area (Å²) in [7, 11) is 0. The van der Waals surface area contributed by atoms with E-state index in [1.165, 1.54) is 10.9 Å². The SMILES string of the molecule is Cc1nn(-c2cc(Cl)cc(Cl)c2)cc1C(=O)O. The van der Waals surface area contributed by atoms with Gasteiger partial charge in [0, 0.05) is 16.2 Å². The van der Waals surface area contributed by atoms with Crippen molar-refractivity contribution in [3.05, 3.63) is 45.7 Å². The van der Waals surface area contributed by atoms with Crippen molar-refractivity contribution in [1.29, 1.82) is 0 Å². The highest BCUT2D eigenvalue weighted by Crippen LogP contribution is 2.22. The lowest BCUT2D eigenvalue weighted by molar-refractivity contribution is 0.0696. The Hall–Kier alpha value is -1.52. The van der Waals surface area contributed by atoms with Crippen molar-refractivity contribution in [1.82, 2.24) is 9.78 Å². The van der Waals surface area contributed by atoms with Crippen LogP contribution in [-0.2, 0) is 0 Å². The summed E-state index contributed by atoms with van der Waals surface area (Å²) < 4.78 is 1.44. The molecule has 4 nitrogen and oxygen atoms in total. The Balaban J connectivity index is 2.53. The van der Waals surface area contributed by atoms with Crippen LogP contribution in [0.15, 0.2) is 24.4 Å². The third-order valence-corrected chi connectivity index (χ3v) is 2.68. The van der Waals surface area contributed by atoms with E-state index in [0.29, 0.717) is 21.4 Å². The van der Waals surface area contributed by atoms with Crippen LogP contribution in [0.4, 0.5) is 0 Å². The summed E-state index contributed by atoms with van der Waals surface area (Å²) in [5.41, 5.74) is 1.22. The molecule has 1 aromatic heterocycles. The fraction of sp³-hybridized carbons (Fsp3) is 0.0909. The lowest BCUT2D eigenvalue weighted by atomic mass is 10.3. The average molecular weight is 271 g/mol. The van der Waals surface area contributed by atoms with Crippen molar-refractivity contribution < 1.29 is 9.90 Å². The van der Waals surface area contributed by atoms with Crippen molar-refractivity contribution in [3.8, 4) is 5.69 Å². The van der Waals surface area contributed by atoms with Gasteiger partial charge in [-0.25, -0.2) is 9.48 Å². The second-order valence-electron chi connectivity index (χ2n) is 3.51. The first-order chi connectivity index (χ1) is 7.97. The maximum absolute atomic E-state index is 10.9. The van der Waals surface area contributed by atoms with Crippen LogP contribution < -0.4 is 0 Å². The van der Waals surface area contributed by atoms with Gasteiger partial charge in [0.05, 0.1) is 11.4 Å². The number of nitrogens with zero attached hydrogens (tertiary/aromatic N) is 2. The first-order valence-corrected chi connectivity index (χ1v) is 5.49. The largest absolute Gasteiger partial charge is 0.478 e. The second kappa shape index (κ2) is 4.39. The van der Waals surface area contributed by atoms with Crippen molar-refractivity contribution in [2.75, 3.05) is 0 Å². The summed E-state index contributed by atoms with van der Waals surface area (Å²) in [6.07, 6.45) is 1.43. The Morgan fingerprint density at radius 3 is 2.35 bits per heavy atom. The predicted molar refractivity (Wildman–Crippen MR) is 65.3 cm³/mol. The molecule has 0 spiro atoms. The maximum Gasteiger partial charge on any atom is 0.339 e. The van der Waals surface area contributed by atoms with Crippen LogP contribution in [0.5, 0.6) is 0 Å². The normalized spacial score (nSPS) is 10.5. The van der Waals surface area contributed by atoms with Crippen molar-refractivity contribution in [3.63, 3.8) is 0 Å². The fourth-order valence-corrected chi connectivity index (χ4v) is 1.99. The van der Waals surface area contributed by atoms with Gasteiger partial charge in [-0.2, -0.15) is 5.10 Å². The van der Waals surface area contributed by atoms with E-state index in [9.17, 15) is 4.79 Å². The number of hydrogen-bond acceptors (Lipinski definition) is 2. The summed E-state index contributed by atoms with van der Waals surface area (Å²) in [5, 5.41) is 14.0. The number of hydrogen-bond donors (Lipinski definition) is 1.